The van der Waals surface area contributed by atoms with Gasteiger partial charge < -0.3 is 0 Å². The van der Waals surface area contributed by atoms with Crippen LogP contribution < -0.4 is 0 Å². The Hall–Kier alpha value is -2.34. The van der Waals surface area contributed by atoms with Crippen molar-refractivity contribution >= 4 is 0 Å². The number of hydrogen-bond acceptors (Lipinski definition) is 0. The zero-order chi connectivity index (χ0) is 16.1. The lowest BCUT2D eigenvalue weighted by Gasteiger charge is -2.37. The van der Waals surface area contributed by atoms with Crippen molar-refractivity contribution in [3.8, 4) is 0 Å². The molecule has 115 valence electrons. The third kappa shape index (κ3) is 3.07. The largest absolute Gasteiger partial charge is 0.0622 e. The summed E-state index contributed by atoms with van der Waals surface area (Å²) in [6.45, 7) is 4.45. The summed E-state index contributed by atoms with van der Waals surface area (Å²) in [5.74, 6) is 1.43. The monoisotopic (exact) mass is 299 g/mol. The maximum atomic E-state index is 2.25. The zero-order valence-electron chi connectivity index (χ0n) is 13.9. The quantitative estimate of drug-likeness (QED) is 0.505. The van der Waals surface area contributed by atoms with Crippen molar-refractivity contribution in [1.29, 1.82) is 0 Å². The van der Waals surface area contributed by atoms with E-state index in [9.17, 15) is 0 Å². The van der Waals surface area contributed by atoms with Gasteiger partial charge in [0.1, 0.15) is 0 Å². The van der Waals surface area contributed by atoms with E-state index < -0.39 is 0 Å². The fraction of sp³-hybridized carbons (Fsp3) is 0.174. The molecule has 3 rings (SSSR count). The molecule has 0 aliphatic carbocycles. The second-order valence-electron chi connectivity index (χ2n) is 6.39. The summed E-state index contributed by atoms with van der Waals surface area (Å²) in [7, 11) is 0. The van der Waals surface area contributed by atoms with E-state index in [0.29, 0.717) is 0 Å². The second kappa shape index (κ2) is 6.83. The van der Waals surface area contributed by atoms with Crippen molar-refractivity contribution in [2.45, 2.75) is 25.7 Å². The molecule has 0 bridgehead atoms. The molecule has 0 aliphatic heterocycles. The van der Waals surface area contributed by atoms with E-state index in [-0.39, 0.29) is 5.41 Å². The third-order valence-electron chi connectivity index (χ3n) is 4.42. The molecule has 0 N–H and O–H groups in total. The Morgan fingerprint density at radius 1 is 0.565 bits per heavy atom. The van der Waals surface area contributed by atoms with Crippen LogP contribution in [0.15, 0.2) is 91.0 Å². The van der Waals surface area contributed by atoms with Crippen LogP contribution >= 0.6 is 0 Å². The van der Waals surface area contributed by atoms with Gasteiger partial charge in [-0.05, 0) is 29.0 Å². The summed E-state index contributed by atoms with van der Waals surface area (Å²) < 4.78 is 0. The van der Waals surface area contributed by atoms with E-state index in [2.05, 4.69) is 105 Å². The summed E-state index contributed by atoms with van der Waals surface area (Å²) >= 11 is 0. The highest BCUT2D eigenvalue weighted by Crippen LogP contribution is 2.44. The van der Waals surface area contributed by atoms with Gasteiger partial charge in [-0.1, -0.05) is 105 Å². The number of hydrogen-bond donors (Lipinski definition) is 0. The lowest BCUT2D eigenvalue weighted by molar-refractivity contribution is 0.572. The lowest BCUT2D eigenvalue weighted by atomic mass is 9.65. The van der Waals surface area contributed by atoms with E-state index in [1.807, 2.05) is 0 Å². The summed E-state index contributed by atoms with van der Waals surface area (Å²) in [5, 5.41) is 0. The smallest absolute Gasteiger partial charge is 0.0456 e. The van der Waals surface area contributed by atoms with Gasteiger partial charge in [0.25, 0.3) is 0 Å². The molecule has 3 aromatic carbocycles. The Kier molecular flexibility index (Phi) is 4.62. The van der Waals surface area contributed by atoms with E-state index in [1.54, 1.807) is 0 Å². The Morgan fingerprint density at radius 3 is 1.13 bits per heavy atom. The molecule has 0 spiro atoms. The van der Waals surface area contributed by atoms with Crippen LogP contribution in [0.1, 0.15) is 37.0 Å². The molecule has 0 aromatic heterocycles. The number of benzene rings is 3. The minimum atomic E-state index is -0.136. The van der Waals surface area contributed by atoms with Gasteiger partial charge >= 0.3 is 0 Å². The van der Waals surface area contributed by atoms with Gasteiger partial charge in [-0.15, -0.1) is 0 Å². The van der Waals surface area contributed by atoms with Crippen molar-refractivity contribution in [3.63, 3.8) is 0 Å². The van der Waals surface area contributed by atoms with E-state index in [4.69, 9.17) is 0 Å². The highest BCUT2D eigenvalue weighted by Gasteiger charge is 2.36. The molecule has 0 amide bonds. The van der Waals surface area contributed by atoms with Crippen LogP contribution in [0.25, 0.3) is 0 Å². The minimum Gasteiger partial charge on any atom is -0.0622 e. The van der Waals surface area contributed by atoms with Gasteiger partial charge in [0.15, 0.2) is 0 Å². The Bertz CT molecular complexity index is 615. The summed E-state index contributed by atoms with van der Waals surface area (Å²) in [6.07, 6.45) is 1.00. The predicted octanol–water partition coefficient (Wildman–Crippen LogP) is 6.03. The van der Waals surface area contributed by atoms with Crippen molar-refractivity contribution in [3.05, 3.63) is 114 Å². The van der Waals surface area contributed by atoms with E-state index in [0.717, 1.165) is 6.42 Å². The summed E-state index contributed by atoms with van der Waals surface area (Å²) in [4.78, 5) is 0. The molecule has 0 aliphatic rings. The van der Waals surface area contributed by atoms with Crippen molar-refractivity contribution in [1.82, 2.24) is 0 Å². The Morgan fingerprint density at radius 2 is 0.870 bits per heavy atom. The van der Waals surface area contributed by atoms with Crippen molar-refractivity contribution in [2.75, 3.05) is 0 Å². The second-order valence-corrected chi connectivity index (χ2v) is 6.39. The van der Waals surface area contributed by atoms with Gasteiger partial charge in [0.2, 0.25) is 0 Å². The Labute approximate surface area is 139 Å². The maximum Gasteiger partial charge on any atom is 0.0456 e. The molecule has 0 unspecified atom stereocenters. The minimum absolute atomic E-state index is 0.136. The number of rotatable bonds is 5. The van der Waals surface area contributed by atoms with Gasteiger partial charge in [0.05, 0.1) is 0 Å². The first kappa shape index (κ1) is 15.6. The average Bonchev–Trinajstić information content (AvgIpc) is 2.62. The van der Waals surface area contributed by atoms with Crippen LogP contribution in [-0.4, -0.2) is 0 Å². The molecule has 0 heterocycles. The molecule has 0 heteroatoms. The van der Waals surface area contributed by atoms with Crippen LogP contribution in [0.4, 0.5) is 0 Å². The molecule has 0 nitrogen and oxygen atoms in total. The predicted molar refractivity (Wildman–Crippen MR) is 98.4 cm³/mol. The molecule has 0 saturated heterocycles. The van der Waals surface area contributed by atoms with E-state index >= 15 is 0 Å². The fourth-order valence-electron chi connectivity index (χ4n) is 3.50. The average molecular weight is 299 g/mol. The highest BCUT2D eigenvalue weighted by atomic mass is 14.4. The first-order chi connectivity index (χ1) is 11.2. The van der Waals surface area contributed by atoms with Crippen LogP contribution in [0.3, 0.4) is 0 Å². The molecule has 3 aromatic rings. The molecule has 0 fully saturated rings. The molecule has 0 atom stereocenters. The van der Waals surface area contributed by atoms with Crippen LogP contribution in [0.5, 0.6) is 0 Å². The summed E-state index contributed by atoms with van der Waals surface area (Å²) in [5.41, 5.74) is 3.90. The SMILES string of the molecule is C[C](C)CC(c1ccccc1)(c1ccccc1)c1ccccc1. The Balaban J connectivity index is 2.30. The topological polar surface area (TPSA) is 0 Å². The van der Waals surface area contributed by atoms with Crippen molar-refractivity contribution < 1.29 is 0 Å². The van der Waals surface area contributed by atoms with E-state index in [1.165, 1.54) is 22.6 Å². The standard InChI is InChI=1S/C23H23/c1-19(2)18-23(20-12-6-3-7-13-20,21-14-8-4-9-15-21)22-16-10-5-11-17-22/h3-17H,18H2,1-2H3. The maximum absolute atomic E-state index is 2.25. The molecular formula is C23H23. The summed E-state index contributed by atoms with van der Waals surface area (Å²) in [6, 6.07) is 32.6. The first-order valence-corrected chi connectivity index (χ1v) is 8.19. The lowest BCUT2D eigenvalue weighted by Crippen LogP contribution is -2.30. The van der Waals surface area contributed by atoms with Crippen LogP contribution in [0, 0.1) is 5.92 Å². The van der Waals surface area contributed by atoms with Gasteiger partial charge in [-0.3, -0.25) is 0 Å². The van der Waals surface area contributed by atoms with Gasteiger partial charge in [-0.25, -0.2) is 0 Å². The fourth-order valence-corrected chi connectivity index (χ4v) is 3.50. The molecule has 0 saturated carbocycles. The zero-order valence-corrected chi connectivity index (χ0v) is 13.9. The normalized spacial score (nSPS) is 11.6. The van der Waals surface area contributed by atoms with Crippen molar-refractivity contribution in [2.24, 2.45) is 0 Å². The van der Waals surface area contributed by atoms with Crippen LogP contribution in [0.2, 0.25) is 0 Å². The molecule has 23 heavy (non-hydrogen) atoms. The molecule has 1 radical (unpaired) electrons. The van der Waals surface area contributed by atoms with Gasteiger partial charge in [-0.2, -0.15) is 0 Å². The highest BCUT2D eigenvalue weighted by molar-refractivity contribution is 5.51. The van der Waals surface area contributed by atoms with Crippen LogP contribution in [-0.2, 0) is 5.41 Å². The first-order valence-electron chi connectivity index (χ1n) is 8.19. The molecular weight excluding hydrogens is 276 g/mol. The van der Waals surface area contributed by atoms with Gasteiger partial charge in [0, 0.05) is 5.41 Å². The third-order valence-corrected chi connectivity index (χ3v) is 4.42.